The predicted molar refractivity (Wildman–Crippen MR) is 144 cm³/mol. The predicted octanol–water partition coefficient (Wildman–Crippen LogP) is 5.75. The molecule has 0 saturated heterocycles. The summed E-state index contributed by atoms with van der Waals surface area (Å²) in [6, 6.07) is 21.9. The van der Waals surface area contributed by atoms with E-state index in [0.29, 0.717) is 28.0 Å². The first-order valence-corrected chi connectivity index (χ1v) is 12.6. The quantitative estimate of drug-likeness (QED) is 0.298. The molecule has 3 aromatic heterocycles. The summed E-state index contributed by atoms with van der Waals surface area (Å²) in [5.74, 6) is 0.525. The second-order valence-electron chi connectivity index (χ2n) is 8.62. The summed E-state index contributed by atoms with van der Waals surface area (Å²) in [5.41, 5.74) is 4.00. The molecule has 8 nitrogen and oxygen atoms in total. The highest BCUT2D eigenvalue weighted by molar-refractivity contribution is 7.19. The van der Waals surface area contributed by atoms with E-state index in [1.807, 2.05) is 50.2 Å². The highest BCUT2D eigenvalue weighted by Crippen LogP contribution is 2.30. The molecule has 0 saturated carbocycles. The lowest BCUT2D eigenvalue weighted by molar-refractivity contribution is 0.102. The molecule has 0 bridgehead atoms. The van der Waals surface area contributed by atoms with Crippen molar-refractivity contribution >= 4 is 38.9 Å². The number of carbonyl (C=O) groups is 1. The van der Waals surface area contributed by atoms with Crippen molar-refractivity contribution in [1.82, 2.24) is 19.8 Å². The average Bonchev–Trinajstić information content (AvgIpc) is 3.50. The molecule has 0 radical (unpaired) electrons. The Morgan fingerprint density at radius 3 is 2.73 bits per heavy atom. The fourth-order valence-electron chi connectivity index (χ4n) is 4.17. The molecule has 3 aromatic carbocycles. The number of aryl methyl sites for hydroxylation is 2. The Morgan fingerprint density at radius 2 is 1.86 bits per heavy atom. The van der Waals surface area contributed by atoms with Crippen molar-refractivity contribution in [2.24, 2.45) is 0 Å². The first-order valence-electron chi connectivity index (χ1n) is 11.8. The van der Waals surface area contributed by atoms with Crippen LogP contribution < -0.4 is 10.9 Å². The molecule has 6 aromatic rings. The number of benzene rings is 3. The lowest BCUT2D eigenvalue weighted by Crippen LogP contribution is -2.13. The van der Waals surface area contributed by atoms with E-state index < -0.39 is 5.63 Å². The first-order chi connectivity index (χ1) is 18.0. The van der Waals surface area contributed by atoms with Gasteiger partial charge in [-0.3, -0.25) is 4.79 Å². The third kappa shape index (κ3) is 4.19. The van der Waals surface area contributed by atoms with Gasteiger partial charge in [0, 0.05) is 28.6 Å². The Hall–Kier alpha value is -4.63. The molecule has 0 aliphatic carbocycles. The van der Waals surface area contributed by atoms with Gasteiger partial charge in [-0.05, 0) is 48.4 Å². The van der Waals surface area contributed by atoms with Crippen molar-refractivity contribution in [3.05, 3.63) is 100 Å². The number of amides is 1. The van der Waals surface area contributed by atoms with Crippen LogP contribution in [0.2, 0.25) is 0 Å². The lowest BCUT2D eigenvalue weighted by Gasteiger charge is -2.11. The Kier molecular flexibility index (Phi) is 5.61. The number of carbonyl (C=O) groups excluding carboxylic acids is 1. The van der Waals surface area contributed by atoms with Gasteiger partial charge in [-0.2, -0.15) is 9.61 Å². The molecular weight excluding hydrogens is 486 g/mol. The summed E-state index contributed by atoms with van der Waals surface area (Å²) in [4.78, 5) is 26.6. The highest BCUT2D eigenvalue weighted by atomic mass is 32.1. The molecule has 9 heteroatoms. The van der Waals surface area contributed by atoms with Crippen LogP contribution in [0.5, 0.6) is 0 Å². The van der Waals surface area contributed by atoms with E-state index in [9.17, 15) is 9.59 Å². The van der Waals surface area contributed by atoms with Gasteiger partial charge in [-0.25, -0.2) is 4.79 Å². The molecule has 1 N–H and O–H groups in total. The van der Waals surface area contributed by atoms with Crippen LogP contribution in [0.1, 0.15) is 28.7 Å². The van der Waals surface area contributed by atoms with Crippen LogP contribution in [0.3, 0.4) is 0 Å². The monoisotopic (exact) mass is 507 g/mol. The van der Waals surface area contributed by atoms with Crippen molar-refractivity contribution in [2.45, 2.75) is 20.3 Å². The summed E-state index contributed by atoms with van der Waals surface area (Å²) in [7, 11) is 0. The molecule has 1 amide bonds. The Balaban J connectivity index is 1.30. The number of hydrogen-bond donors (Lipinski definition) is 1. The zero-order valence-electron chi connectivity index (χ0n) is 20.1. The van der Waals surface area contributed by atoms with E-state index >= 15 is 0 Å². The van der Waals surface area contributed by atoms with E-state index in [1.54, 1.807) is 40.9 Å². The second-order valence-corrected chi connectivity index (χ2v) is 9.58. The van der Waals surface area contributed by atoms with E-state index in [-0.39, 0.29) is 5.91 Å². The number of nitrogens with zero attached hydrogens (tertiary/aromatic N) is 4. The standard InChI is InChI=1S/C28H21N5O3S/c1-3-24-30-31-28-33(24)32-26(37-28)20-12-11-16(2)22(15-20)29-25(34)19-9-6-8-17(13-19)21-14-18-7-4-5-10-23(18)36-27(21)35/h4-15H,3H2,1-2H3,(H,29,34). The largest absolute Gasteiger partial charge is 0.422 e. The third-order valence-electron chi connectivity index (χ3n) is 6.18. The van der Waals surface area contributed by atoms with Gasteiger partial charge in [0.2, 0.25) is 4.96 Å². The van der Waals surface area contributed by atoms with Crippen LogP contribution in [-0.4, -0.2) is 25.7 Å². The summed E-state index contributed by atoms with van der Waals surface area (Å²) >= 11 is 1.45. The number of anilines is 1. The fourth-order valence-corrected chi connectivity index (χ4v) is 5.02. The number of nitrogens with one attached hydrogen (secondary N) is 1. The number of para-hydroxylation sites is 1. The van der Waals surface area contributed by atoms with Gasteiger partial charge >= 0.3 is 5.63 Å². The van der Waals surface area contributed by atoms with Crippen LogP contribution in [0.4, 0.5) is 5.69 Å². The van der Waals surface area contributed by atoms with E-state index in [4.69, 9.17) is 4.42 Å². The lowest BCUT2D eigenvalue weighted by atomic mass is 10.0. The number of hydrogen-bond acceptors (Lipinski definition) is 7. The van der Waals surface area contributed by atoms with Gasteiger partial charge in [0.25, 0.3) is 5.91 Å². The maximum Gasteiger partial charge on any atom is 0.344 e. The first kappa shape index (κ1) is 22.8. The zero-order chi connectivity index (χ0) is 25.5. The molecule has 6 rings (SSSR count). The summed E-state index contributed by atoms with van der Waals surface area (Å²) in [5, 5.41) is 17.6. The van der Waals surface area contributed by atoms with E-state index in [0.717, 1.165) is 38.7 Å². The van der Waals surface area contributed by atoms with Crippen LogP contribution in [0.25, 0.3) is 37.6 Å². The minimum atomic E-state index is -0.448. The van der Waals surface area contributed by atoms with Gasteiger partial charge in [-0.15, -0.1) is 10.2 Å². The molecule has 0 aliphatic rings. The third-order valence-corrected chi connectivity index (χ3v) is 7.13. The van der Waals surface area contributed by atoms with Crippen molar-refractivity contribution in [3.63, 3.8) is 0 Å². The fraction of sp³-hybridized carbons (Fsp3) is 0.107. The van der Waals surface area contributed by atoms with Crippen LogP contribution in [0, 0.1) is 6.92 Å². The van der Waals surface area contributed by atoms with E-state index in [1.165, 1.54) is 11.3 Å². The average molecular weight is 508 g/mol. The van der Waals surface area contributed by atoms with Crippen LogP contribution in [0.15, 0.2) is 82.0 Å². The number of aromatic nitrogens is 4. The van der Waals surface area contributed by atoms with Crippen molar-refractivity contribution in [2.75, 3.05) is 5.32 Å². The van der Waals surface area contributed by atoms with Gasteiger partial charge in [-0.1, -0.05) is 60.7 Å². The molecule has 3 heterocycles. The Bertz CT molecular complexity index is 1870. The smallest absolute Gasteiger partial charge is 0.344 e. The minimum absolute atomic E-state index is 0.279. The van der Waals surface area contributed by atoms with Gasteiger partial charge in [0.15, 0.2) is 5.82 Å². The molecule has 0 unspecified atom stereocenters. The van der Waals surface area contributed by atoms with E-state index in [2.05, 4.69) is 20.6 Å². The Labute approximate surface area is 215 Å². The molecule has 0 spiro atoms. The van der Waals surface area contributed by atoms with Crippen molar-refractivity contribution < 1.29 is 9.21 Å². The maximum absolute atomic E-state index is 13.2. The molecule has 37 heavy (non-hydrogen) atoms. The summed E-state index contributed by atoms with van der Waals surface area (Å²) in [6.45, 7) is 3.94. The SMILES string of the molecule is CCc1nnc2sc(-c3ccc(C)c(NC(=O)c4cccc(-c5cc6ccccc6oc5=O)c4)c3)nn12. The van der Waals surface area contributed by atoms with Crippen LogP contribution in [-0.2, 0) is 6.42 Å². The van der Waals surface area contributed by atoms with Crippen LogP contribution >= 0.6 is 11.3 Å². The van der Waals surface area contributed by atoms with Gasteiger partial charge in [0.05, 0.1) is 5.56 Å². The molecule has 0 aliphatic heterocycles. The maximum atomic E-state index is 13.2. The van der Waals surface area contributed by atoms with Gasteiger partial charge < -0.3 is 9.73 Å². The summed E-state index contributed by atoms with van der Waals surface area (Å²) in [6.07, 6.45) is 0.736. The molecule has 0 fully saturated rings. The molecule has 0 atom stereocenters. The normalized spacial score (nSPS) is 11.3. The second kappa shape index (κ2) is 9.11. The highest BCUT2D eigenvalue weighted by Gasteiger charge is 2.15. The van der Waals surface area contributed by atoms with Crippen molar-refractivity contribution in [3.8, 4) is 21.7 Å². The Morgan fingerprint density at radius 1 is 1.00 bits per heavy atom. The number of rotatable bonds is 5. The topological polar surface area (TPSA) is 102 Å². The molecule has 182 valence electrons. The zero-order valence-corrected chi connectivity index (χ0v) is 20.9. The van der Waals surface area contributed by atoms with Gasteiger partial charge in [0.1, 0.15) is 10.6 Å². The van der Waals surface area contributed by atoms with Crippen molar-refractivity contribution in [1.29, 1.82) is 0 Å². The minimum Gasteiger partial charge on any atom is -0.422 e. The number of fused-ring (bicyclic) bond motifs is 2. The summed E-state index contributed by atoms with van der Waals surface area (Å²) < 4.78 is 7.23. The molecular formula is C28H21N5O3S.